The van der Waals surface area contributed by atoms with Gasteiger partial charge in [-0.3, -0.25) is 0 Å². The zero-order chi connectivity index (χ0) is 9.14. The average Bonchev–Trinajstić information content (AvgIpc) is 2.04. The zero-order valence-electron chi connectivity index (χ0n) is 6.05. The van der Waals surface area contributed by atoms with Crippen LogP contribution in [0.1, 0.15) is 15.9 Å². The van der Waals surface area contributed by atoms with Crippen molar-refractivity contribution in [2.24, 2.45) is 0 Å². The van der Waals surface area contributed by atoms with Crippen LogP contribution in [0.15, 0.2) is 22.7 Å². The van der Waals surface area contributed by atoms with Crippen molar-refractivity contribution in [1.29, 1.82) is 0 Å². The highest BCUT2D eigenvalue weighted by molar-refractivity contribution is 9.10. The summed E-state index contributed by atoms with van der Waals surface area (Å²) >= 11 is 6.57. The second-order valence-corrected chi connectivity index (χ2v) is 3.66. The van der Waals surface area contributed by atoms with Gasteiger partial charge in [-0.25, -0.2) is 4.79 Å². The molecule has 1 aromatic carbocycles. The van der Waals surface area contributed by atoms with E-state index in [0.717, 1.165) is 10.0 Å². The van der Waals surface area contributed by atoms with Crippen LogP contribution in [0, 0.1) is 0 Å². The van der Waals surface area contributed by atoms with Gasteiger partial charge in [-0.05, 0) is 17.7 Å². The highest BCUT2D eigenvalue weighted by Gasteiger charge is 2.04. The molecule has 0 saturated carbocycles. The molecule has 12 heavy (non-hydrogen) atoms. The molecule has 0 fully saturated rings. The SMILES string of the molecule is O=C(O)c1ccc(CBr)c(Br)c1. The van der Waals surface area contributed by atoms with E-state index in [1.807, 2.05) is 0 Å². The van der Waals surface area contributed by atoms with Gasteiger partial charge in [-0.2, -0.15) is 0 Å². The molecule has 2 nitrogen and oxygen atoms in total. The summed E-state index contributed by atoms with van der Waals surface area (Å²) in [6.07, 6.45) is 0. The summed E-state index contributed by atoms with van der Waals surface area (Å²) in [5.74, 6) is -0.906. The number of rotatable bonds is 2. The first-order valence-corrected chi connectivity index (χ1v) is 5.14. The fourth-order valence-corrected chi connectivity index (χ4v) is 2.17. The van der Waals surface area contributed by atoms with Crippen LogP contribution in [0.5, 0.6) is 0 Å². The van der Waals surface area contributed by atoms with Crippen LogP contribution >= 0.6 is 31.9 Å². The summed E-state index contributed by atoms with van der Waals surface area (Å²) in [5, 5.41) is 9.36. The van der Waals surface area contributed by atoms with E-state index in [1.54, 1.807) is 18.2 Å². The topological polar surface area (TPSA) is 37.3 Å². The molecule has 0 radical (unpaired) electrons. The molecule has 4 heteroatoms. The van der Waals surface area contributed by atoms with Crippen molar-refractivity contribution in [1.82, 2.24) is 0 Å². The molecular formula is C8H6Br2O2. The number of hydrogen-bond acceptors (Lipinski definition) is 1. The summed E-state index contributed by atoms with van der Waals surface area (Å²) in [6.45, 7) is 0. The second-order valence-electron chi connectivity index (χ2n) is 2.24. The molecule has 0 heterocycles. The Hall–Kier alpha value is -0.350. The van der Waals surface area contributed by atoms with E-state index in [4.69, 9.17) is 5.11 Å². The zero-order valence-corrected chi connectivity index (χ0v) is 9.22. The molecule has 0 aliphatic heterocycles. The molecule has 0 aliphatic carbocycles. The van der Waals surface area contributed by atoms with E-state index >= 15 is 0 Å². The Morgan fingerprint density at radius 2 is 2.17 bits per heavy atom. The smallest absolute Gasteiger partial charge is 0.335 e. The van der Waals surface area contributed by atoms with Gasteiger partial charge >= 0.3 is 5.97 Å². The first-order chi connectivity index (χ1) is 5.65. The van der Waals surface area contributed by atoms with Crippen molar-refractivity contribution in [3.05, 3.63) is 33.8 Å². The lowest BCUT2D eigenvalue weighted by atomic mass is 10.1. The van der Waals surface area contributed by atoms with Crippen LogP contribution in [-0.2, 0) is 5.33 Å². The predicted octanol–water partition coefficient (Wildman–Crippen LogP) is 3.04. The molecule has 0 amide bonds. The summed E-state index contributed by atoms with van der Waals surface area (Å²) in [4.78, 5) is 10.5. The Balaban J connectivity index is 3.10. The minimum absolute atomic E-state index is 0.298. The largest absolute Gasteiger partial charge is 0.478 e. The molecule has 0 unspecified atom stereocenters. The third-order valence-corrected chi connectivity index (χ3v) is 2.79. The van der Waals surface area contributed by atoms with Crippen LogP contribution in [0.25, 0.3) is 0 Å². The number of benzene rings is 1. The number of alkyl halides is 1. The monoisotopic (exact) mass is 292 g/mol. The molecular weight excluding hydrogens is 288 g/mol. The summed E-state index contributed by atoms with van der Waals surface area (Å²) in [6, 6.07) is 4.96. The third kappa shape index (κ3) is 2.08. The summed E-state index contributed by atoms with van der Waals surface area (Å²) in [7, 11) is 0. The number of carboxylic acids is 1. The van der Waals surface area contributed by atoms with E-state index < -0.39 is 5.97 Å². The fourth-order valence-electron chi connectivity index (χ4n) is 0.789. The molecule has 0 aromatic heterocycles. The predicted molar refractivity (Wildman–Crippen MR) is 53.7 cm³/mol. The van der Waals surface area contributed by atoms with Crippen LogP contribution in [0.2, 0.25) is 0 Å². The fraction of sp³-hybridized carbons (Fsp3) is 0.125. The van der Waals surface area contributed by atoms with Gasteiger partial charge in [0, 0.05) is 9.80 Å². The van der Waals surface area contributed by atoms with Gasteiger partial charge in [-0.15, -0.1) is 0 Å². The van der Waals surface area contributed by atoms with Crippen LogP contribution in [-0.4, -0.2) is 11.1 Å². The molecule has 0 saturated heterocycles. The minimum Gasteiger partial charge on any atom is -0.478 e. The quantitative estimate of drug-likeness (QED) is 0.851. The molecule has 0 aliphatic rings. The van der Waals surface area contributed by atoms with Crippen molar-refractivity contribution in [3.8, 4) is 0 Å². The Bertz CT molecular complexity index is 310. The maximum Gasteiger partial charge on any atom is 0.335 e. The summed E-state index contributed by atoms with van der Waals surface area (Å²) < 4.78 is 0.819. The number of carboxylic acid groups (broad SMARTS) is 1. The Labute approximate surface area is 86.9 Å². The number of halogens is 2. The van der Waals surface area contributed by atoms with Gasteiger partial charge in [0.2, 0.25) is 0 Å². The standard InChI is InChI=1S/C8H6Br2O2/c9-4-6-2-1-5(8(11)12)3-7(6)10/h1-3H,4H2,(H,11,12). The van der Waals surface area contributed by atoms with E-state index in [9.17, 15) is 4.79 Å². The number of aromatic carboxylic acids is 1. The maximum atomic E-state index is 10.5. The molecule has 0 bridgehead atoms. The van der Waals surface area contributed by atoms with Crippen LogP contribution in [0.3, 0.4) is 0 Å². The highest BCUT2D eigenvalue weighted by Crippen LogP contribution is 2.20. The van der Waals surface area contributed by atoms with E-state index in [1.165, 1.54) is 0 Å². The summed E-state index contributed by atoms with van der Waals surface area (Å²) in [5.41, 5.74) is 1.34. The van der Waals surface area contributed by atoms with Gasteiger partial charge in [0.25, 0.3) is 0 Å². The molecule has 1 rings (SSSR count). The Kier molecular flexibility index (Phi) is 3.29. The van der Waals surface area contributed by atoms with E-state index in [0.29, 0.717) is 10.9 Å². The Morgan fingerprint density at radius 3 is 2.58 bits per heavy atom. The first-order valence-electron chi connectivity index (χ1n) is 3.23. The van der Waals surface area contributed by atoms with Crippen molar-refractivity contribution in [2.45, 2.75) is 5.33 Å². The van der Waals surface area contributed by atoms with E-state index in [2.05, 4.69) is 31.9 Å². The lowest BCUT2D eigenvalue weighted by Gasteiger charge is -2.00. The normalized spacial score (nSPS) is 9.83. The van der Waals surface area contributed by atoms with Gasteiger partial charge in [-0.1, -0.05) is 37.9 Å². The van der Waals surface area contributed by atoms with Crippen molar-refractivity contribution in [2.75, 3.05) is 0 Å². The highest BCUT2D eigenvalue weighted by atomic mass is 79.9. The van der Waals surface area contributed by atoms with Crippen molar-refractivity contribution >= 4 is 37.8 Å². The van der Waals surface area contributed by atoms with Gasteiger partial charge < -0.3 is 5.11 Å². The van der Waals surface area contributed by atoms with Crippen LogP contribution in [0.4, 0.5) is 0 Å². The number of hydrogen-bond donors (Lipinski definition) is 1. The molecule has 64 valence electrons. The van der Waals surface area contributed by atoms with Crippen molar-refractivity contribution in [3.63, 3.8) is 0 Å². The lowest BCUT2D eigenvalue weighted by molar-refractivity contribution is 0.0697. The van der Waals surface area contributed by atoms with E-state index in [-0.39, 0.29) is 0 Å². The van der Waals surface area contributed by atoms with Gasteiger partial charge in [0.1, 0.15) is 0 Å². The molecule has 0 spiro atoms. The Morgan fingerprint density at radius 1 is 1.50 bits per heavy atom. The van der Waals surface area contributed by atoms with Gasteiger partial charge in [0.15, 0.2) is 0 Å². The molecule has 1 N–H and O–H groups in total. The van der Waals surface area contributed by atoms with Gasteiger partial charge in [0.05, 0.1) is 5.56 Å². The molecule has 0 atom stereocenters. The second kappa shape index (κ2) is 4.05. The lowest BCUT2D eigenvalue weighted by Crippen LogP contribution is -1.96. The first kappa shape index (κ1) is 9.74. The average molecular weight is 294 g/mol. The number of carbonyl (C=O) groups is 1. The maximum absolute atomic E-state index is 10.5. The third-order valence-electron chi connectivity index (χ3n) is 1.44. The van der Waals surface area contributed by atoms with Crippen molar-refractivity contribution < 1.29 is 9.90 Å². The van der Waals surface area contributed by atoms with Crippen LogP contribution < -0.4 is 0 Å². The minimum atomic E-state index is -0.906. The molecule has 1 aromatic rings.